The minimum absolute atomic E-state index is 0.403. The van der Waals surface area contributed by atoms with Crippen LogP contribution in [0.4, 0.5) is 11.6 Å². The van der Waals surface area contributed by atoms with Crippen LogP contribution in [0.5, 0.6) is 5.75 Å². The van der Waals surface area contributed by atoms with E-state index in [4.69, 9.17) is 19.6 Å². The van der Waals surface area contributed by atoms with E-state index in [1.807, 2.05) is 28.9 Å². The lowest BCUT2D eigenvalue weighted by Crippen LogP contribution is -2.22. The van der Waals surface area contributed by atoms with Crippen LogP contribution in [0.15, 0.2) is 40.4 Å². The van der Waals surface area contributed by atoms with Crippen molar-refractivity contribution < 1.29 is 9.47 Å². The van der Waals surface area contributed by atoms with Crippen LogP contribution in [0.1, 0.15) is 35.1 Å². The van der Waals surface area contributed by atoms with E-state index in [1.54, 1.807) is 18.9 Å². The van der Waals surface area contributed by atoms with Crippen LogP contribution in [0.2, 0.25) is 25.7 Å². The summed E-state index contributed by atoms with van der Waals surface area (Å²) in [6, 6.07) is 11.6. The molecule has 0 aliphatic heterocycles. The van der Waals surface area contributed by atoms with Crippen LogP contribution >= 0.6 is 11.8 Å². The molecule has 3 aromatic rings. The van der Waals surface area contributed by atoms with Gasteiger partial charge in [0, 0.05) is 25.3 Å². The molecule has 0 bridgehead atoms. The Morgan fingerprint density at radius 3 is 2.31 bits per heavy atom. The van der Waals surface area contributed by atoms with Gasteiger partial charge in [0.25, 0.3) is 0 Å². The molecule has 0 atom stereocenters. The van der Waals surface area contributed by atoms with Crippen molar-refractivity contribution in [1.29, 1.82) is 0 Å². The van der Waals surface area contributed by atoms with Gasteiger partial charge >= 0.3 is 0 Å². The lowest BCUT2D eigenvalue weighted by atomic mass is 9.99. The maximum atomic E-state index is 6.08. The highest BCUT2D eigenvalue weighted by Gasteiger charge is 2.25. The molecule has 1 aromatic heterocycles. The maximum Gasteiger partial charge on any atom is 0.228 e. The van der Waals surface area contributed by atoms with Crippen LogP contribution in [0.3, 0.4) is 0 Å². The summed E-state index contributed by atoms with van der Waals surface area (Å²) in [6.45, 7) is 8.28. The zero-order chi connectivity index (χ0) is 24.4. The first-order chi connectivity index (χ1) is 16.9. The van der Waals surface area contributed by atoms with E-state index in [2.05, 4.69) is 31.0 Å². The van der Waals surface area contributed by atoms with E-state index in [1.165, 1.54) is 53.6 Å². The van der Waals surface area contributed by atoms with E-state index >= 15 is 0 Å². The second kappa shape index (κ2) is 10.4. The summed E-state index contributed by atoms with van der Waals surface area (Å²) in [5.41, 5.74) is 7.26. The monoisotopic (exact) mass is 508 g/mol. The first-order valence-electron chi connectivity index (χ1n) is 12.7. The third kappa shape index (κ3) is 5.76. The molecule has 2 aromatic carbocycles. The molecule has 186 valence electrons. The Kier molecular flexibility index (Phi) is 7.23. The Balaban J connectivity index is 1.41. The Morgan fingerprint density at radius 2 is 1.69 bits per heavy atom. The van der Waals surface area contributed by atoms with Gasteiger partial charge in [0.05, 0.1) is 7.11 Å². The molecule has 0 radical (unpaired) electrons. The van der Waals surface area contributed by atoms with E-state index in [0.29, 0.717) is 6.73 Å². The van der Waals surface area contributed by atoms with Crippen molar-refractivity contribution in [3.8, 4) is 5.75 Å². The Bertz CT molecular complexity index is 1160. The lowest BCUT2D eigenvalue weighted by Gasteiger charge is -2.18. The van der Waals surface area contributed by atoms with Crippen molar-refractivity contribution >= 4 is 31.5 Å². The predicted molar refractivity (Wildman–Crippen MR) is 145 cm³/mol. The number of aromatic nitrogens is 3. The van der Waals surface area contributed by atoms with Gasteiger partial charge in [-0.15, -0.1) is 5.10 Å². The standard InChI is InChI=1S/C27H36N4O2SSi/c1-32-21-11-13-22(14-12-21)34-27-29-26(31(30-27)18-33-15-16-35(2,3)4)28-25-23-9-5-7-19(23)17-20-8-6-10-24(20)25/h11-14,17H,5-10,15-16,18H2,1-4H3,(H,28,29,30). The molecule has 5 rings (SSSR count). The van der Waals surface area contributed by atoms with E-state index in [9.17, 15) is 0 Å². The summed E-state index contributed by atoms with van der Waals surface area (Å²) in [4.78, 5) is 6.00. The van der Waals surface area contributed by atoms with Gasteiger partial charge in [0.15, 0.2) is 0 Å². The molecule has 0 fully saturated rings. The molecule has 8 heteroatoms. The van der Waals surface area contributed by atoms with E-state index < -0.39 is 8.07 Å². The number of methoxy groups -OCH3 is 1. The Labute approximate surface area is 213 Å². The van der Waals surface area contributed by atoms with Crippen molar-refractivity contribution in [3.63, 3.8) is 0 Å². The molecule has 1 heterocycles. The summed E-state index contributed by atoms with van der Waals surface area (Å²) in [5.74, 6) is 1.61. The van der Waals surface area contributed by atoms with Gasteiger partial charge in [0.1, 0.15) is 12.5 Å². The maximum absolute atomic E-state index is 6.08. The van der Waals surface area contributed by atoms with Crippen molar-refractivity contribution in [3.05, 3.63) is 52.6 Å². The number of fused-ring (bicyclic) bond motifs is 2. The van der Waals surface area contributed by atoms with Gasteiger partial charge in [-0.1, -0.05) is 25.7 Å². The fraction of sp³-hybridized carbons (Fsp3) is 0.481. The Morgan fingerprint density at radius 1 is 1.00 bits per heavy atom. The van der Waals surface area contributed by atoms with Gasteiger partial charge in [-0.2, -0.15) is 4.98 Å². The summed E-state index contributed by atoms with van der Waals surface area (Å²) in [7, 11) is 0.536. The number of rotatable bonds is 10. The third-order valence-corrected chi connectivity index (χ3v) is 9.41. The number of hydrogen-bond donors (Lipinski definition) is 1. The quantitative estimate of drug-likeness (QED) is 0.250. The normalized spacial score (nSPS) is 14.7. The summed E-state index contributed by atoms with van der Waals surface area (Å²) in [6.07, 6.45) is 7.11. The average Bonchev–Trinajstić information content (AvgIpc) is 3.56. The number of aryl methyl sites for hydroxylation is 2. The van der Waals surface area contributed by atoms with Gasteiger partial charge in [-0.3, -0.25) is 0 Å². The SMILES string of the molecule is COc1ccc(Sc2nc(Nc3c4c(cc5c3CCC5)CCC4)n(COCC[Si](C)(C)C)n2)cc1. The molecule has 35 heavy (non-hydrogen) atoms. The van der Waals surface area contributed by atoms with E-state index in [0.717, 1.165) is 47.2 Å². The van der Waals surface area contributed by atoms with Crippen LogP contribution in [0, 0.1) is 0 Å². The van der Waals surface area contributed by atoms with Crippen LogP contribution in [-0.4, -0.2) is 36.6 Å². The van der Waals surface area contributed by atoms with Gasteiger partial charge < -0.3 is 14.8 Å². The highest BCUT2D eigenvalue weighted by molar-refractivity contribution is 7.99. The third-order valence-electron chi connectivity index (χ3n) is 6.84. The van der Waals surface area contributed by atoms with Crippen LogP contribution in [0.25, 0.3) is 0 Å². The van der Waals surface area contributed by atoms with Crippen LogP contribution in [-0.2, 0) is 37.2 Å². The molecule has 0 saturated carbocycles. The largest absolute Gasteiger partial charge is 0.497 e. The molecule has 0 saturated heterocycles. The van der Waals surface area contributed by atoms with Crippen molar-refractivity contribution in [2.24, 2.45) is 0 Å². The molecule has 2 aliphatic rings. The van der Waals surface area contributed by atoms with E-state index in [-0.39, 0.29) is 0 Å². The fourth-order valence-corrected chi connectivity index (χ4v) is 6.42. The number of ether oxygens (including phenoxy) is 2. The second-order valence-electron chi connectivity index (χ2n) is 10.7. The number of hydrogen-bond acceptors (Lipinski definition) is 6. The predicted octanol–water partition coefficient (Wildman–Crippen LogP) is 6.47. The highest BCUT2D eigenvalue weighted by Crippen LogP contribution is 2.40. The van der Waals surface area contributed by atoms with Crippen molar-refractivity contribution in [2.75, 3.05) is 19.0 Å². The Hall–Kier alpha value is -2.29. The molecule has 1 N–H and O–H groups in total. The zero-order valence-electron chi connectivity index (χ0n) is 21.3. The molecule has 0 spiro atoms. The highest BCUT2D eigenvalue weighted by atomic mass is 32.2. The molecule has 6 nitrogen and oxygen atoms in total. The zero-order valence-corrected chi connectivity index (χ0v) is 23.1. The first-order valence-corrected chi connectivity index (χ1v) is 17.2. The number of nitrogens with one attached hydrogen (secondary N) is 1. The average molecular weight is 509 g/mol. The van der Waals surface area contributed by atoms with Crippen molar-refractivity contribution in [1.82, 2.24) is 14.8 Å². The molecular weight excluding hydrogens is 472 g/mol. The van der Waals surface area contributed by atoms with Gasteiger partial charge in [0.2, 0.25) is 11.1 Å². The molecule has 0 amide bonds. The minimum Gasteiger partial charge on any atom is -0.497 e. The molecule has 0 unspecified atom stereocenters. The summed E-state index contributed by atoms with van der Waals surface area (Å²) in [5, 5.41) is 9.28. The molecule has 2 aliphatic carbocycles. The number of benzene rings is 2. The lowest BCUT2D eigenvalue weighted by molar-refractivity contribution is 0.0792. The topological polar surface area (TPSA) is 61.2 Å². The number of nitrogens with zero attached hydrogens (tertiary/aromatic N) is 3. The number of anilines is 2. The van der Waals surface area contributed by atoms with Gasteiger partial charge in [-0.05, 0) is 103 Å². The first kappa shape index (κ1) is 24.4. The fourth-order valence-electron chi connectivity index (χ4n) is 4.90. The summed E-state index contributed by atoms with van der Waals surface area (Å²) >= 11 is 1.56. The minimum atomic E-state index is -1.15. The smallest absolute Gasteiger partial charge is 0.228 e. The molecular formula is C27H36N4O2SSi. The van der Waals surface area contributed by atoms with Crippen molar-refractivity contribution in [2.45, 2.75) is 81.0 Å². The van der Waals surface area contributed by atoms with Gasteiger partial charge in [-0.25, -0.2) is 4.68 Å². The summed E-state index contributed by atoms with van der Waals surface area (Å²) < 4.78 is 13.3. The van der Waals surface area contributed by atoms with Crippen LogP contribution < -0.4 is 10.1 Å². The second-order valence-corrected chi connectivity index (χ2v) is 17.4.